The van der Waals surface area contributed by atoms with Gasteiger partial charge in [0.2, 0.25) is 5.91 Å². The molecular formula is C20H19N3O3. The normalized spacial score (nSPS) is 16.5. The van der Waals surface area contributed by atoms with Gasteiger partial charge in [-0.1, -0.05) is 0 Å². The second-order valence-electron chi connectivity index (χ2n) is 6.31. The Bertz CT molecular complexity index is 941. The van der Waals surface area contributed by atoms with Crippen LogP contribution in [0.4, 0.5) is 0 Å². The third-order valence-corrected chi connectivity index (χ3v) is 4.49. The summed E-state index contributed by atoms with van der Waals surface area (Å²) in [5.74, 6) is 1.74. The van der Waals surface area contributed by atoms with E-state index in [1.807, 2.05) is 36.4 Å². The predicted octanol–water partition coefficient (Wildman–Crippen LogP) is 2.82. The van der Waals surface area contributed by atoms with Crippen LogP contribution >= 0.6 is 0 Å². The van der Waals surface area contributed by atoms with Crippen molar-refractivity contribution in [2.24, 2.45) is 5.92 Å². The summed E-state index contributed by atoms with van der Waals surface area (Å²) in [6.07, 6.45) is 3.96. The van der Waals surface area contributed by atoms with Crippen molar-refractivity contribution in [3.63, 3.8) is 0 Å². The van der Waals surface area contributed by atoms with Crippen molar-refractivity contribution in [2.75, 3.05) is 20.3 Å². The molecule has 1 N–H and O–H groups in total. The number of ether oxygens (including phenoxy) is 2. The molecule has 132 valence electrons. The quantitative estimate of drug-likeness (QED) is 0.767. The van der Waals surface area contributed by atoms with Gasteiger partial charge >= 0.3 is 0 Å². The first-order chi connectivity index (χ1) is 12.7. The molecule has 1 aliphatic heterocycles. The average molecular weight is 349 g/mol. The van der Waals surface area contributed by atoms with Gasteiger partial charge in [0.1, 0.15) is 11.5 Å². The number of nitrogens with one attached hydrogen (secondary N) is 1. The number of rotatable bonds is 5. The van der Waals surface area contributed by atoms with Gasteiger partial charge in [-0.25, -0.2) is 0 Å². The molecule has 1 aliphatic rings. The average Bonchev–Trinajstić information content (AvgIpc) is 3.11. The van der Waals surface area contributed by atoms with E-state index in [0.717, 1.165) is 27.9 Å². The molecule has 4 rings (SSSR count). The third kappa shape index (κ3) is 3.31. The summed E-state index contributed by atoms with van der Waals surface area (Å²) < 4.78 is 11.2. The van der Waals surface area contributed by atoms with Crippen LogP contribution in [-0.4, -0.2) is 36.1 Å². The number of pyridine rings is 2. The summed E-state index contributed by atoms with van der Waals surface area (Å²) in [6, 6.07) is 11.6. The SMILES string of the molecule is COc1ccc(-c2cc(OCC3CNC(=O)C3)c3cccnc3c2)nc1. The van der Waals surface area contributed by atoms with Crippen molar-refractivity contribution in [1.29, 1.82) is 0 Å². The molecule has 1 unspecified atom stereocenters. The largest absolute Gasteiger partial charge is 0.495 e. The Morgan fingerprint density at radius 2 is 2.15 bits per heavy atom. The van der Waals surface area contributed by atoms with Crippen LogP contribution in [0.15, 0.2) is 48.8 Å². The lowest BCUT2D eigenvalue weighted by atomic mass is 10.1. The molecule has 2 aromatic heterocycles. The lowest BCUT2D eigenvalue weighted by Crippen LogP contribution is -2.16. The molecule has 1 aromatic carbocycles. The van der Waals surface area contributed by atoms with Gasteiger partial charge < -0.3 is 14.8 Å². The van der Waals surface area contributed by atoms with Crippen LogP contribution in [0.25, 0.3) is 22.2 Å². The number of methoxy groups -OCH3 is 1. The fraction of sp³-hybridized carbons (Fsp3) is 0.250. The molecule has 0 bridgehead atoms. The molecule has 0 spiro atoms. The molecule has 6 nitrogen and oxygen atoms in total. The molecule has 6 heteroatoms. The number of carbonyl (C=O) groups is 1. The summed E-state index contributed by atoms with van der Waals surface area (Å²) in [7, 11) is 1.62. The fourth-order valence-electron chi connectivity index (χ4n) is 3.08. The first-order valence-corrected chi connectivity index (χ1v) is 8.51. The second-order valence-corrected chi connectivity index (χ2v) is 6.31. The van der Waals surface area contributed by atoms with Crippen LogP contribution in [0.3, 0.4) is 0 Å². The molecule has 3 aromatic rings. The van der Waals surface area contributed by atoms with Gasteiger partial charge in [-0.05, 0) is 36.4 Å². The van der Waals surface area contributed by atoms with Gasteiger partial charge in [0, 0.05) is 36.0 Å². The molecule has 1 atom stereocenters. The van der Waals surface area contributed by atoms with Crippen LogP contribution < -0.4 is 14.8 Å². The van der Waals surface area contributed by atoms with Gasteiger partial charge in [0.15, 0.2) is 0 Å². The Morgan fingerprint density at radius 3 is 2.88 bits per heavy atom. The van der Waals surface area contributed by atoms with E-state index in [4.69, 9.17) is 9.47 Å². The highest BCUT2D eigenvalue weighted by atomic mass is 16.5. The van der Waals surface area contributed by atoms with E-state index >= 15 is 0 Å². The number of fused-ring (bicyclic) bond motifs is 1. The highest BCUT2D eigenvalue weighted by Gasteiger charge is 2.22. The van der Waals surface area contributed by atoms with Gasteiger partial charge in [0.25, 0.3) is 0 Å². The number of aromatic nitrogens is 2. The van der Waals surface area contributed by atoms with Crippen molar-refractivity contribution in [3.05, 3.63) is 48.8 Å². The highest BCUT2D eigenvalue weighted by molar-refractivity contribution is 5.89. The van der Waals surface area contributed by atoms with Crippen molar-refractivity contribution < 1.29 is 14.3 Å². The maximum atomic E-state index is 11.4. The van der Waals surface area contributed by atoms with Crippen LogP contribution in [0.2, 0.25) is 0 Å². The van der Waals surface area contributed by atoms with Gasteiger partial charge in [0.05, 0.1) is 31.1 Å². The molecule has 1 saturated heterocycles. The summed E-state index contributed by atoms with van der Waals surface area (Å²) in [4.78, 5) is 20.3. The van der Waals surface area contributed by atoms with Crippen LogP contribution in [-0.2, 0) is 4.79 Å². The minimum atomic E-state index is 0.0845. The van der Waals surface area contributed by atoms with E-state index in [9.17, 15) is 4.79 Å². The Balaban J connectivity index is 1.67. The van der Waals surface area contributed by atoms with E-state index in [1.165, 1.54) is 0 Å². The van der Waals surface area contributed by atoms with Crippen LogP contribution in [0, 0.1) is 5.92 Å². The minimum Gasteiger partial charge on any atom is -0.495 e. The van der Waals surface area contributed by atoms with Crippen LogP contribution in [0.1, 0.15) is 6.42 Å². The zero-order valence-electron chi connectivity index (χ0n) is 14.4. The van der Waals surface area contributed by atoms with E-state index in [0.29, 0.717) is 25.3 Å². The number of amides is 1. The minimum absolute atomic E-state index is 0.0845. The van der Waals surface area contributed by atoms with Crippen molar-refractivity contribution >= 4 is 16.8 Å². The molecule has 1 fully saturated rings. The molecule has 1 amide bonds. The standard InChI is InChI=1S/C20H19N3O3/c1-25-15-4-5-17(22-11-15)14-8-18-16(3-2-6-21-18)19(9-14)26-12-13-7-20(24)23-10-13/h2-6,8-9,11,13H,7,10,12H2,1H3,(H,23,24). The maximum absolute atomic E-state index is 11.4. The first kappa shape index (κ1) is 16.3. The van der Waals surface area contributed by atoms with Crippen LogP contribution in [0.5, 0.6) is 11.5 Å². The van der Waals surface area contributed by atoms with E-state index in [-0.39, 0.29) is 11.8 Å². The first-order valence-electron chi connectivity index (χ1n) is 8.51. The van der Waals surface area contributed by atoms with Crippen molar-refractivity contribution in [2.45, 2.75) is 6.42 Å². The highest BCUT2D eigenvalue weighted by Crippen LogP contribution is 2.32. The summed E-state index contributed by atoms with van der Waals surface area (Å²) in [5, 5.41) is 3.78. The number of benzene rings is 1. The second kappa shape index (κ2) is 7.00. The monoisotopic (exact) mass is 349 g/mol. The summed E-state index contributed by atoms with van der Waals surface area (Å²) in [6.45, 7) is 1.15. The topological polar surface area (TPSA) is 73.3 Å². The molecule has 0 saturated carbocycles. The summed E-state index contributed by atoms with van der Waals surface area (Å²) >= 11 is 0. The Morgan fingerprint density at radius 1 is 1.23 bits per heavy atom. The molecular weight excluding hydrogens is 330 g/mol. The number of hydrogen-bond donors (Lipinski definition) is 1. The Kier molecular flexibility index (Phi) is 4.39. The molecule has 26 heavy (non-hydrogen) atoms. The zero-order chi connectivity index (χ0) is 17.9. The molecule has 0 radical (unpaired) electrons. The third-order valence-electron chi connectivity index (χ3n) is 4.49. The number of carbonyl (C=O) groups excluding carboxylic acids is 1. The Labute approximate surface area is 151 Å². The van der Waals surface area contributed by atoms with E-state index in [1.54, 1.807) is 19.5 Å². The molecule has 0 aliphatic carbocycles. The van der Waals surface area contributed by atoms with E-state index < -0.39 is 0 Å². The fourth-order valence-corrected chi connectivity index (χ4v) is 3.08. The van der Waals surface area contributed by atoms with E-state index in [2.05, 4.69) is 15.3 Å². The lowest BCUT2D eigenvalue weighted by molar-refractivity contribution is -0.119. The Hall–Kier alpha value is -3.15. The maximum Gasteiger partial charge on any atom is 0.220 e. The van der Waals surface area contributed by atoms with Gasteiger partial charge in [-0.3, -0.25) is 14.8 Å². The lowest BCUT2D eigenvalue weighted by Gasteiger charge is -2.14. The number of nitrogens with zero attached hydrogens (tertiary/aromatic N) is 2. The van der Waals surface area contributed by atoms with Crippen molar-refractivity contribution in [3.8, 4) is 22.8 Å². The van der Waals surface area contributed by atoms with Crippen molar-refractivity contribution in [1.82, 2.24) is 15.3 Å². The zero-order valence-corrected chi connectivity index (χ0v) is 14.4. The number of hydrogen-bond acceptors (Lipinski definition) is 5. The smallest absolute Gasteiger partial charge is 0.220 e. The predicted molar refractivity (Wildman–Crippen MR) is 98.1 cm³/mol. The molecule has 3 heterocycles. The van der Waals surface area contributed by atoms with Gasteiger partial charge in [-0.2, -0.15) is 0 Å². The van der Waals surface area contributed by atoms with Gasteiger partial charge in [-0.15, -0.1) is 0 Å². The summed E-state index contributed by atoms with van der Waals surface area (Å²) in [5.41, 5.74) is 2.59.